The number of pyridine rings is 2. The predicted octanol–water partition coefficient (Wildman–Crippen LogP) is 5.90. The van der Waals surface area contributed by atoms with Crippen LogP contribution < -0.4 is 0 Å². The largest absolute Gasteiger partial charge is 0.392 e. The van der Waals surface area contributed by atoms with Gasteiger partial charge in [-0.05, 0) is 75.7 Å². The Labute approximate surface area is 159 Å². The third-order valence-corrected chi connectivity index (χ3v) is 5.15. The fraction of sp³-hybridized carbons (Fsp3) is 0.286. The molecule has 2 aromatic rings. The highest BCUT2D eigenvalue weighted by Gasteiger charge is 2.02. The van der Waals surface area contributed by atoms with Crippen molar-refractivity contribution < 1.29 is 5.11 Å². The quantitative estimate of drug-likeness (QED) is 0.509. The van der Waals surface area contributed by atoms with Crippen LogP contribution in [0.15, 0.2) is 42.7 Å². The third kappa shape index (κ3) is 6.44. The van der Waals surface area contributed by atoms with Crippen LogP contribution in [0.3, 0.4) is 0 Å². The molecule has 0 radical (unpaired) electrons. The van der Waals surface area contributed by atoms with Crippen LogP contribution in [0, 0.1) is 0 Å². The Balaban J connectivity index is 0.000000364. The van der Waals surface area contributed by atoms with Gasteiger partial charge in [0.25, 0.3) is 0 Å². The molecule has 0 amide bonds. The first-order chi connectivity index (χ1) is 9.51. The smallest absolute Gasteiger partial charge is 0.0705 e. The topological polar surface area (TPSA) is 46.0 Å². The number of aliphatic hydroxyl groups is 1. The van der Waals surface area contributed by atoms with E-state index in [9.17, 15) is 0 Å². The zero-order chi connectivity index (χ0) is 15.1. The minimum atomic E-state index is 0. The first-order valence-corrected chi connectivity index (χ1v) is 8.85. The van der Waals surface area contributed by atoms with Crippen molar-refractivity contribution in [2.45, 2.75) is 27.4 Å². The van der Waals surface area contributed by atoms with Gasteiger partial charge in [0.2, 0.25) is 0 Å². The van der Waals surface area contributed by atoms with Crippen LogP contribution in [0.5, 0.6) is 0 Å². The summed E-state index contributed by atoms with van der Waals surface area (Å²) in [6.07, 6.45) is 7.93. The molecule has 7 heteroatoms. The number of aliphatic hydroxyl groups excluding tert-OH is 1. The van der Waals surface area contributed by atoms with E-state index >= 15 is 0 Å². The van der Waals surface area contributed by atoms with Gasteiger partial charge >= 0.3 is 0 Å². The number of nitrogens with zero attached hydrogens (tertiary/aromatic N) is 2. The highest BCUT2D eigenvalue weighted by Crippen LogP contribution is 2.24. The Morgan fingerprint density at radius 2 is 1.14 bits per heavy atom. The van der Waals surface area contributed by atoms with Crippen LogP contribution in [0.2, 0.25) is 0 Å². The van der Waals surface area contributed by atoms with Gasteiger partial charge in [-0.1, -0.05) is 14.4 Å². The third-order valence-electron chi connectivity index (χ3n) is 2.42. The van der Waals surface area contributed by atoms with Crippen molar-refractivity contribution in [3.63, 3.8) is 0 Å². The van der Waals surface area contributed by atoms with Crippen molar-refractivity contribution in [2.75, 3.05) is 0 Å². The predicted molar refractivity (Wildman–Crippen MR) is 101 cm³/mol. The second-order valence-electron chi connectivity index (χ2n) is 3.68. The molecule has 0 atom stereocenters. The number of aromatic nitrogens is 2. The Morgan fingerprint density at radius 3 is 1.33 bits per heavy atom. The average Bonchev–Trinajstić information content (AvgIpc) is 2.40. The first kappa shape index (κ1) is 21.2. The molecule has 3 nitrogen and oxygen atoms in total. The fourth-order valence-corrected chi connectivity index (χ4v) is 4.04. The molecular formula is C14H16Br4N2O. The Hall–Kier alpha value is 0.180. The van der Waals surface area contributed by atoms with Gasteiger partial charge in [-0.3, -0.25) is 9.97 Å². The normalized spacial score (nSPS) is 9.43. The molecule has 0 aliphatic heterocycles. The molecule has 0 saturated heterocycles. The van der Waals surface area contributed by atoms with Crippen molar-refractivity contribution in [3.05, 3.63) is 53.8 Å². The summed E-state index contributed by atoms with van der Waals surface area (Å²) in [6.45, 7) is 2.13. The van der Waals surface area contributed by atoms with E-state index in [1.165, 1.54) is 5.56 Å². The fourth-order valence-electron chi connectivity index (χ4n) is 1.36. The lowest BCUT2D eigenvalue weighted by Gasteiger charge is -2.01. The molecule has 0 unspecified atom stereocenters. The van der Waals surface area contributed by atoms with Gasteiger partial charge in [0, 0.05) is 48.2 Å². The minimum Gasteiger partial charge on any atom is -0.392 e. The maximum atomic E-state index is 8.81. The monoisotopic (exact) mass is 544 g/mol. The van der Waals surface area contributed by atoms with Crippen molar-refractivity contribution >= 4 is 63.7 Å². The number of halogens is 4. The van der Waals surface area contributed by atoms with Crippen LogP contribution in [0.1, 0.15) is 25.5 Å². The zero-order valence-corrected chi connectivity index (χ0v) is 16.9. The molecule has 0 spiro atoms. The minimum absolute atomic E-state index is 0. The molecule has 2 aromatic heterocycles. The van der Waals surface area contributed by atoms with Gasteiger partial charge in [-0.2, -0.15) is 0 Å². The van der Waals surface area contributed by atoms with E-state index in [-0.39, 0.29) is 14.0 Å². The van der Waals surface area contributed by atoms with Gasteiger partial charge < -0.3 is 5.11 Å². The lowest BCUT2D eigenvalue weighted by atomic mass is 10.2. The van der Waals surface area contributed by atoms with Gasteiger partial charge in [0.1, 0.15) is 0 Å². The van der Waals surface area contributed by atoms with Crippen LogP contribution in [-0.2, 0) is 13.0 Å². The van der Waals surface area contributed by atoms with E-state index in [4.69, 9.17) is 5.11 Å². The molecule has 0 aliphatic carbocycles. The first-order valence-electron chi connectivity index (χ1n) is 5.67. The van der Waals surface area contributed by atoms with Gasteiger partial charge in [-0.25, -0.2) is 0 Å². The summed E-state index contributed by atoms with van der Waals surface area (Å²) in [5.74, 6) is 0. The molecule has 0 aromatic carbocycles. The highest BCUT2D eigenvalue weighted by molar-refractivity contribution is 9.11. The summed E-state index contributed by atoms with van der Waals surface area (Å²) in [4.78, 5) is 7.89. The molecule has 1 N–H and O–H groups in total. The van der Waals surface area contributed by atoms with E-state index < -0.39 is 0 Å². The van der Waals surface area contributed by atoms with E-state index in [0.717, 1.165) is 29.9 Å². The van der Waals surface area contributed by atoms with Gasteiger partial charge in [0.05, 0.1) is 6.61 Å². The zero-order valence-electron chi connectivity index (χ0n) is 10.6. The number of hydrogen-bond donors (Lipinski definition) is 1. The molecule has 2 rings (SSSR count). The number of rotatable bonds is 2. The maximum absolute atomic E-state index is 8.81. The Bertz CT molecular complexity index is 487. The summed E-state index contributed by atoms with van der Waals surface area (Å²) in [7, 11) is 0. The lowest BCUT2D eigenvalue weighted by Crippen LogP contribution is -1.87. The molecule has 0 saturated carbocycles. The SMILES string of the molecule is C.CCc1c(Br)cncc1Br.OCc1c(Br)cncc1Br. The summed E-state index contributed by atoms with van der Waals surface area (Å²) < 4.78 is 3.79. The lowest BCUT2D eigenvalue weighted by molar-refractivity contribution is 0.280. The van der Waals surface area contributed by atoms with Gasteiger partial charge in [0.15, 0.2) is 0 Å². The Morgan fingerprint density at radius 1 is 0.810 bits per heavy atom. The average molecular weight is 548 g/mol. The summed E-state index contributed by atoms with van der Waals surface area (Å²) in [6, 6.07) is 0. The second-order valence-corrected chi connectivity index (χ2v) is 7.09. The van der Waals surface area contributed by atoms with E-state index in [0.29, 0.717) is 0 Å². The van der Waals surface area contributed by atoms with E-state index in [2.05, 4.69) is 80.6 Å². The summed E-state index contributed by atoms with van der Waals surface area (Å²) in [5, 5.41) is 8.81. The molecule has 0 fully saturated rings. The highest BCUT2D eigenvalue weighted by atomic mass is 79.9. The van der Waals surface area contributed by atoms with Gasteiger partial charge in [-0.15, -0.1) is 0 Å². The van der Waals surface area contributed by atoms with Crippen molar-refractivity contribution in [1.82, 2.24) is 9.97 Å². The molecular weight excluding hydrogens is 532 g/mol. The molecule has 0 bridgehead atoms. The van der Waals surface area contributed by atoms with Crippen LogP contribution in [-0.4, -0.2) is 15.1 Å². The van der Waals surface area contributed by atoms with Crippen LogP contribution in [0.4, 0.5) is 0 Å². The standard InChI is InChI=1S/C7H7Br2N.C6H5Br2NO.CH4/c1-2-5-6(8)3-10-4-7(5)9;7-5-1-9-2-6(8)4(5)3-10;/h3-4H,2H2,1H3;1-2,10H,3H2;1H4. The Kier molecular flexibility index (Phi) is 10.9. The molecule has 0 aliphatic rings. The van der Waals surface area contributed by atoms with E-state index in [1.807, 2.05) is 12.4 Å². The number of hydrogen-bond acceptors (Lipinski definition) is 3. The van der Waals surface area contributed by atoms with Crippen LogP contribution in [0.25, 0.3) is 0 Å². The molecule has 21 heavy (non-hydrogen) atoms. The van der Waals surface area contributed by atoms with Crippen LogP contribution >= 0.6 is 63.7 Å². The molecule has 2 heterocycles. The second kappa shape index (κ2) is 10.8. The summed E-state index contributed by atoms with van der Waals surface area (Å²) in [5.41, 5.74) is 2.10. The summed E-state index contributed by atoms with van der Waals surface area (Å²) >= 11 is 13.3. The van der Waals surface area contributed by atoms with Crippen molar-refractivity contribution in [2.24, 2.45) is 0 Å². The van der Waals surface area contributed by atoms with E-state index in [1.54, 1.807) is 12.4 Å². The maximum Gasteiger partial charge on any atom is 0.0705 e. The van der Waals surface area contributed by atoms with Crippen molar-refractivity contribution in [1.29, 1.82) is 0 Å². The van der Waals surface area contributed by atoms with Crippen molar-refractivity contribution in [3.8, 4) is 0 Å². The molecule has 116 valence electrons.